The van der Waals surface area contributed by atoms with Gasteiger partial charge in [0.2, 0.25) is 9.84 Å². The minimum Gasteiger partial charge on any atom is -0.489 e. The Hall–Kier alpha value is -3.32. The van der Waals surface area contributed by atoms with Crippen LogP contribution >= 0.6 is 0 Å². The van der Waals surface area contributed by atoms with Gasteiger partial charge in [-0.15, -0.1) is 0 Å². The maximum absolute atomic E-state index is 12.8. The molecule has 0 bridgehead atoms. The van der Waals surface area contributed by atoms with Gasteiger partial charge in [-0.05, 0) is 60.5 Å². The summed E-state index contributed by atoms with van der Waals surface area (Å²) in [5.41, 5.74) is 1.02. The van der Waals surface area contributed by atoms with Crippen LogP contribution in [0.3, 0.4) is 0 Å². The predicted octanol–water partition coefficient (Wildman–Crippen LogP) is 4.34. The average molecular weight is 426 g/mol. The summed E-state index contributed by atoms with van der Waals surface area (Å²) in [5, 5.41) is 9.06. The van der Waals surface area contributed by atoms with Crippen molar-refractivity contribution in [3.8, 4) is 11.5 Å². The molecule has 0 aliphatic rings. The lowest BCUT2D eigenvalue weighted by atomic mass is 10.2. The van der Waals surface area contributed by atoms with Crippen LogP contribution in [-0.4, -0.2) is 25.6 Å². The lowest BCUT2D eigenvalue weighted by Gasteiger charge is -2.13. The highest BCUT2D eigenvalue weighted by atomic mass is 32.2. The van der Waals surface area contributed by atoms with Gasteiger partial charge in [0, 0.05) is 0 Å². The lowest BCUT2D eigenvalue weighted by molar-refractivity contribution is -0.145. The first-order valence-electron chi connectivity index (χ1n) is 9.41. The Labute approximate surface area is 175 Å². The fourth-order valence-corrected chi connectivity index (χ4v) is 4.02. The number of ether oxygens (including phenoxy) is 2. The van der Waals surface area contributed by atoms with Crippen LogP contribution in [0.1, 0.15) is 18.9 Å². The number of carboxylic acids is 1. The van der Waals surface area contributed by atoms with Crippen LogP contribution < -0.4 is 9.47 Å². The van der Waals surface area contributed by atoms with Gasteiger partial charge in [0.25, 0.3) is 0 Å². The number of aliphatic carboxylic acids is 1. The van der Waals surface area contributed by atoms with E-state index >= 15 is 0 Å². The number of benzene rings is 3. The Morgan fingerprint density at radius 3 is 1.90 bits per heavy atom. The molecular formula is C23H22O6S. The number of hydrogen-bond donors (Lipinski definition) is 1. The second kappa shape index (κ2) is 9.45. The van der Waals surface area contributed by atoms with Crippen LogP contribution in [0.25, 0.3) is 0 Å². The number of rotatable bonds is 9. The fourth-order valence-electron chi connectivity index (χ4n) is 2.76. The van der Waals surface area contributed by atoms with Crippen LogP contribution in [0.15, 0.2) is 88.7 Å². The highest BCUT2D eigenvalue weighted by Gasteiger charge is 2.20. The van der Waals surface area contributed by atoms with Crippen molar-refractivity contribution in [2.75, 3.05) is 0 Å². The molecule has 3 aromatic carbocycles. The van der Waals surface area contributed by atoms with Crippen LogP contribution in [0.4, 0.5) is 0 Å². The Kier molecular flexibility index (Phi) is 6.74. The molecule has 0 fully saturated rings. The largest absolute Gasteiger partial charge is 0.489 e. The molecule has 0 spiro atoms. The Morgan fingerprint density at radius 2 is 1.40 bits per heavy atom. The molecule has 3 aromatic rings. The number of carbonyl (C=O) groups is 1. The Bertz CT molecular complexity index is 1070. The monoisotopic (exact) mass is 426 g/mol. The molecule has 30 heavy (non-hydrogen) atoms. The number of sulfone groups is 1. The van der Waals surface area contributed by atoms with Crippen molar-refractivity contribution < 1.29 is 27.8 Å². The van der Waals surface area contributed by atoms with E-state index in [-0.39, 0.29) is 9.79 Å². The quantitative estimate of drug-likeness (QED) is 0.547. The molecule has 7 heteroatoms. The van der Waals surface area contributed by atoms with E-state index in [0.717, 1.165) is 5.56 Å². The van der Waals surface area contributed by atoms with Crippen molar-refractivity contribution in [3.05, 3.63) is 84.4 Å². The maximum atomic E-state index is 12.8. The molecule has 0 radical (unpaired) electrons. The topological polar surface area (TPSA) is 89.9 Å². The average Bonchev–Trinajstić information content (AvgIpc) is 2.77. The Balaban J connectivity index is 1.69. The molecule has 0 aromatic heterocycles. The van der Waals surface area contributed by atoms with E-state index < -0.39 is 21.9 Å². The minimum atomic E-state index is -3.72. The second-order valence-electron chi connectivity index (χ2n) is 6.57. The van der Waals surface area contributed by atoms with E-state index in [9.17, 15) is 13.2 Å². The first kappa shape index (κ1) is 21.4. The van der Waals surface area contributed by atoms with Crippen molar-refractivity contribution in [1.82, 2.24) is 0 Å². The van der Waals surface area contributed by atoms with Gasteiger partial charge < -0.3 is 14.6 Å². The summed E-state index contributed by atoms with van der Waals surface area (Å²) in [6.07, 6.45) is -0.676. The zero-order valence-electron chi connectivity index (χ0n) is 16.4. The van der Waals surface area contributed by atoms with E-state index in [4.69, 9.17) is 14.6 Å². The summed E-state index contributed by atoms with van der Waals surface area (Å²) in [4.78, 5) is 11.3. The smallest absolute Gasteiger partial charge is 0.344 e. The molecular weight excluding hydrogens is 404 g/mol. The Morgan fingerprint density at radius 1 is 0.867 bits per heavy atom. The highest BCUT2D eigenvalue weighted by molar-refractivity contribution is 7.91. The van der Waals surface area contributed by atoms with E-state index in [2.05, 4.69) is 0 Å². The third kappa shape index (κ3) is 5.18. The minimum absolute atomic E-state index is 0.0937. The molecule has 0 amide bonds. The van der Waals surface area contributed by atoms with Gasteiger partial charge >= 0.3 is 5.97 Å². The molecule has 1 atom stereocenters. The van der Waals surface area contributed by atoms with Crippen molar-refractivity contribution in [1.29, 1.82) is 0 Å². The van der Waals surface area contributed by atoms with Crippen molar-refractivity contribution >= 4 is 15.8 Å². The maximum Gasteiger partial charge on any atom is 0.344 e. The summed E-state index contributed by atoms with van der Waals surface area (Å²) in [6, 6.07) is 21.6. The zero-order valence-corrected chi connectivity index (χ0v) is 17.2. The van der Waals surface area contributed by atoms with Crippen LogP contribution in [0, 0.1) is 0 Å². The molecule has 3 rings (SSSR count). The molecule has 156 valence electrons. The van der Waals surface area contributed by atoms with Gasteiger partial charge in [0.15, 0.2) is 6.10 Å². The molecule has 0 heterocycles. The van der Waals surface area contributed by atoms with Crippen LogP contribution in [-0.2, 0) is 21.2 Å². The van der Waals surface area contributed by atoms with E-state index in [1.165, 1.54) is 36.4 Å². The SMILES string of the molecule is CCC(Oc1ccc(S(=O)(=O)c2ccc(OCc3ccccc3)cc2)cc1)C(=O)O. The number of carboxylic acid groups (broad SMARTS) is 1. The third-order valence-electron chi connectivity index (χ3n) is 4.44. The summed E-state index contributed by atoms with van der Waals surface area (Å²) in [7, 11) is -3.72. The first-order chi connectivity index (χ1) is 14.4. The molecule has 6 nitrogen and oxygen atoms in total. The predicted molar refractivity (Wildman–Crippen MR) is 111 cm³/mol. The summed E-state index contributed by atoms with van der Waals surface area (Å²) < 4.78 is 36.7. The van der Waals surface area contributed by atoms with Crippen molar-refractivity contribution in [2.24, 2.45) is 0 Å². The molecule has 0 saturated heterocycles. The summed E-state index contributed by atoms with van der Waals surface area (Å²) in [5.74, 6) is -0.197. The van der Waals surface area contributed by atoms with E-state index in [1.54, 1.807) is 19.1 Å². The lowest BCUT2D eigenvalue weighted by Crippen LogP contribution is -2.25. The number of hydrogen-bond acceptors (Lipinski definition) is 5. The van der Waals surface area contributed by atoms with Gasteiger partial charge in [-0.25, -0.2) is 13.2 Å². The normalized spacial score (nSPS) is 12.2. The summed E-state index contributed by atoms with van der Waals surface area (Å²) >= 11 is 0. The first-order valence-corrected chi connectivity index (χ1v) is 10.9. The van der Waals surface area contributed by atoms with Crippen molar-refractivity contribution in [3.63, 3.8) is 0 Å². The fraction of sp³-hybridized carbons (Fsp3) is 0.174. The van der Waals surface area contributed by atoms with Crippen molar-refractivity contribution in [2.45, 2.75) is 35.8 Å². The van der Waals surface area contributed by atoms with Gasteiger partial charge in [-0.2, -0.15) is 0 Å². The van der Waals surface area contributed by atoms with E-state index in [0.29, 0.717) is 24.5 Å². The van der Waals surface area contributed by atoms with Crippen LogP contribution in [0.2, 0.25) is 0 Å². The van der Waals surface area contributed by atoms with Gasteiger partial charge in [0.05, 0.1) is 9.79 Å². The zero-order chi connectivity index (χ0) is 21.6. The molecule has 0 aliphatic carbocycles. The standard InChI is InChI=1S/C23H22O6S/c1-2-22(23(24)25)29-19-10-14-21(15-11-19)30(26,27)20-12-8-18(9-13-20)28-16-17-6-4-3-5-7-17/h3-15,22H,2,16H2,1H3,(H,24,25). The van der Waals surface area contributed by atoms with Gasteiger partial charge in [-0.3, -0.25) is 0 Å². The summed E-state index contributed by atoms with van der Waals surface area (Å²) in [6.45, 7) is 2.09. The van der Waals surface area contributed by atoms with Gasteiger partial charge in [0.1, 0.15) is 18.1 Å². The third-order valence-corrected chi connectivity index (χ3v) is 6.23. The molecule has 0 saturated carbocycles. The van der Waals surface area contributed by atoms with Crippen LogP contribution in [0.5, 0.6) is 11.5 Å². The molecule has 1 unspecified atom stereocenters. The molecule has 0 aliphatic heterocycles. The highest BCUT2D eigenvalue weighted by Crippen LogP contribution is 2.25. The second-order valence-corrected chi connectivity index (χ2v) is 8.52. The van der Waals surface area contributed by atoms with Gasteiger partial charge in [-0.1, -0.05) is 37.3 Å². The molecule has 1 N–H and O–H groups in total. The van der Waals surface area contributed by atoms with E-state index in [1.807, 2.05) is 30.3 Å².